The number of fused-ring (bicyclic) bond motifs is 2. The molecule has 34 heavy (non-hydrogen) atoms. The third-order valence-electron chi connectivity index (χ3n) is 7.28. The molecule has 2 aliphatic rings. The Labute approximate surface area is 213 Å². The maximum atomic E-state index is 11.4. The fourth-order valence-electron chi connectivity index (χ4n) is 4.78. The van der Waals surface area contributed by atoms with Crippen LogP contribution in [-0.4, -0.2) is 41.4 Å². The van der Waals surface area contributed by atoms with Gasteiger partial charge in [0.2, 0.25) is 0 Å². The number of hydrogen-bond acceptors (Lipinski definition) is 4. The van der Waals surface area contributed by atoms with Gasteiger partial charge in [0.25, 0.3) is 0 Å². The van der Waals surface area contributed by atoms with Crippen LogP contribution in [0.5, 0.6) is 0 Å². The zero-order valence-electron chi connectivity index (χ0n) is 18.1. The number of carboxylic acid groups (broad SMARTS) is 2. The Bertz CT molecular complexity index is 1310. The number of carbonyl (C=O) groups is 2. The van der Waals surface area contributed by atoms with Crippen molar-refractivity contribution in [3.8, 4) is 0 Å². The van der Waals surface area contributed by atoms with Crippen LogP contribution >= 0.6 is 34.2 Å². The molecule has 0 spiro atoms. The van der Waals surface area contributed by atoms with Crippen molar-refractivity contribution in [1.82, 2.24) is 19.2 Å². The Morgan fingerprint density at radius 2 is 1.29 bits per heavy atom. The molecule has 2 saturated carbocycles. The molecule has 2 fully saturated rings. The molecule has 10 heteroatoms. The number of aliphatic carboxylic acids is 2. The lowest BCUT2D eigenvalue weighted by Gasteiger charge is -2.37. The highest BCUT2D eigenvalue weighted by molar-refractivity contribution is 14.1. The van der Waals surface area contributed by atoms with Crippen LogP contribution in [-0.2, 0) is 20.4 Å². The van der Waals surface area contributed by atoms with E-state index in [-0.39, 0.29) is 0 Å². The summed E-state index contributed by atoms with van der Waals surface area (Å²) in [6.45, 7) is 0. The maximum Gasteiger partial charge on any atom is 0.314 e. The third-order valence-corrected chi connectivity index (χ3v) is 8.40. The first kappa shape index (κ1) is 23.1. The van der Waals surface area contributed by atoms with Gasteiger partial charge in [-0.25, -0.2) is 9.03 Å². The van der Waals surface area contributed by atoms with Crippen LogP contribution < -0.4 is 0 Å². The zero-order valence-corrected chi connectivity index (χ0v) is 21.0. The molecule has 176 valence electrons. The Morgan fingerprint density at radius 3 is 1.76 bits per heavy atom. The van der Waals surface area contributed by atoms with Crippen LogP contribution in [0, 0.1) is 3.57 Å². The molecule has 4 aromatic rings. The van der Waals surface area contributed by atoms with Crippen LogP contribution in [0.25, 0.3) is 11.0 Å². The van der Waals surface area contributed by atoms with E-state index in [1.165, 1.54) is 0 Å². The van der Waals surface area contributed by atoms with Crippen molar-refractivity contribution in [3.05, 3.63) is 68.8 Å². The number of nitrogens with zero attached hydrogens (tertiary/aromatic N) is 4. The first-order valence-electron chi connectivity index (χ1n) is 11.0. The van der Waals surface area contributed by atoms with Crippen molar-refractivity contribution in [2.24, 2.45) is 0 Å². The minimum absolute atomic E-state index is 0.578. The van der Waals surface area contributed by atoms with E-state index in [1.807, 2.05) is 30.5 Å². The lowest BCUT2D eigenvalue weighted by Crippen LogP contribution is -2.42. The fraction of sp³-hybridized carbons (Fsp3) is 0.333. The molecular weight excluding hydrogens is 571 g/mol. The fourth-order valence-corrected chi connectivity index (χ4v) is 5.53. The standard InChI is InChI=1S/C12H11ClN2O2.C12H11IN2O2/c2*13-9-6-14-15-7-8(2-3-10(9)15)12(11(16)17)4-1-5-12/h2*2-3,6-7H,1,4-5H2,(H,16,17). The molecule has 4 aromatic heterocycles. The number of aromatic nitrogens is 4. The van der Waals surface area contributed by atoms with E-state index in [2.05, 4.69) is 32.8 Å². The molecule has 2 aliphatic carbocycles. The van der Waals surface area contributed by atoms with Crippen LogP contribution in [0.4, 0.5) is 0 Å². The SMILES string of the molecule is O=C(O)C1(c2ccc3c(Cl)cnn3c2)CCC1.O=C(O)C1(c2ccc3c(I)cnn3c2)CCC1. The van der Waals surface area contributed by atoms with E-state index in [4.69, 9.17) is 11.6 Å². The molecule has 0 aliphatic heterocycles. The lowest BCUT2D eigenvalue weighted by molar-refractivity contribution is -0.148. The number of halogens is 2. The number of hydrogen-bond donors (Lipinski definition) is 2. The predicted molar refractivity (Wildman–Crippen MR) is 134 cm³/mol. The van der Waals surface area contributed by atoms with Crippen molar-refractivity contribution in [2.75, 3.05) is 0 Å². The van der Waals surface area contributed by atoms with Gasteiger partial charge in [0, 0.05) is 12.4 Å². The van der Waals surface area contributed by atoms with E-state index in [0.29, 0.717) is 17.9 Å². The molecule has 0 atom stereocenters. The second kappa shape index (κ2) is 8.53. The molecule has 0 bridgehead atoms. The van der Waals surface area contributed by atoms with E-state index in [0.717, 1.165) is 51.4 Å². The Kier molecular flexibility index (Phi) is 5.79. The zero-order chi connectivity index (χ0) is 24.1. The highest BCUT2D eigenvalue weighted by Crippen LogP contribution is 2.45. The summed E-state index contributed by atoms with van der Waals surface area (Å²) in [5, 5.41) is 27.6. The molecule has 2 N–H and O–H groups in total. The second-order valence-electron chi connectivity index (χ2n) is 8.96. The Morgan fingerprint density at radius 1 is 0.824 bits per heavy atom. The second-order valence-corrected chi connectivity index (χ2v) is 10.5. The van der Waals surface area contributed by atoms with Crippen LogP contribution in [0.1, 0.15) is 49.7 Å². The molecule has 0 aromatic carbocycles. The molecule has 0 radical (unpaired) electrons. The summed E-state index contributed by atoms with van der Waals surface area (Å²) in [4.78, 5) is 22.8. The van der Waals surface area contributed by atoms with Gasteiger partial charge in [0.1, 0.15) is 0 Å². The number of carboxylic acids is 2. The quantitative estimate of drug-likeness (QED) is 0.325. The summed E-state index contributed by atoms with van der Waals surface area (Å²) in [5.41, 5.74) is 2.11. The molecule has 8 nitrogen and oxygen atoms in total. The monoisotopic (exact) mass is 592 g/mol. The minimum Gasteiger partial charge on any atom is -0.481 e. The number of pyridine rings is 2. The van der Waals surface area contributed by atoms with Gasteiger partial charge < -0.3 is 10.2 Å². The van der Waals surface area contributed by atoms with Crippen LogP contribution in [0.3, 0.4) is 0 Å². The summed E-state index contributed by atoms with van der Waals surface area (Å²) in [6, 6.07) is 7.55. The van der Waals surface area contributed by atoms with Crippen molar-refractivity contribution in [3.63, 3.8) is 0 Å². The highest BCUT2D eigenvalue weighted by atomic mass is 127. The van der Waals surface area contributed by atoms with E-state index in [9.17, 15) is 19.8 Å². The largest absolute Gasteiger partial charge is 0.481 e. The Hall–Kier alpha value is -2.66. The Balaban J connectivity index is 0.000000142. The van der Waals surface area contributed by atoms with E-state index >= 15 is 0 Å². The van der Waals surface area contributed by atoms with Crippen LogP contribution in [0.2, 0.25) is 5.02 Å². The maximum absolute atomic E-state index is 11.4. The normalized spacial score (nSPS) is 17.9. The van der Waals surface area contributed by atoms with Crippen molar-refractivity contribution in [2.45, 2.75) is 49.4 Å². The first-order valence-corrected chi connectivity index (χ1v) is 12.5. The summed E-state index contributed by atoms with van der Waals surface area (Å²) in [6.07, 6.45) is 11.8. The van der Waals surface area contributed by atoms with Gasteiger partial charge in [-0.1, -0.05) is 36.6 Å². The van der Waals surface area contributed by atoms with Gasteiger partial charge in [-0.05, 0) is 71.5 Å². The van der Waals surface area contributed by atoms with Gasteiger partial charge in [0.15, 0.2) is 0 Å². The minimum atomic E-state index is -0.749. The third kappa shape index (κ3) is 3.56. The molecule has 6 rings (SSSR count). The average Bonchev–Trinajstić information content (AvgIpc) is 3.29. The molecular formula is C24H22ClIN4O4. The van der Waals surface area contributed by atoms with Gasteiger partial charge in [0.05, 0.1) is 42.8 Å². The topological polar surface area (TPSA) is 109 Å². The first-order chi connectivity index (χ1) is 16.3. The summed E-state index contributed by atoms with van der Waals surface area (Å²) >= 11 is 8.17. The van der Waals surface area contributed by atoms with Gasteiger partial charge in [-0.15, -0.1) is 0 Å². The summed E-state index contributed by atoms with van der Waals surface area (Å²) in [7, 11) is 0. The predicted octanol–water partition coefficient (Wildman–Crippen LogP) is 4.94. The highest BCUT2D eigenvalue weighted by Gasteiger charge is 2.47. The van der Waals surface area contributed by atoms with E-state index < -0.39 is 22.8 Å². The average molecular weight is 593 g/mol. The molecule has 4 heterocycles. The van der Waals surface area contributed by atoms with Crippen LogP contribution in [0.15, 0.2) is 49.1 Å². The van der Waals surface area contributed by atoms with E-state index in [1.54, 1.807) is 27.6 Å². The lowest BCUT2D eigenvalue weighted by atomic mass is 9.65. The van der Waals surface area contributed by atoms with Crippen molar-refractivity contribution < 1.29 is 19.8 Å². The number of rotatable bonds is 4. The molecule has 0 amide bonds. The summed E-state index contributed by atoms with van der Waals surface area (Å²) < 4.78 is 4.48. The van der Waals surface area contributed by atoms with Gasteiger partial charge in [-0.2, -0.15) is 10.2 Å². The molecule has 0 unspecified atom stereocenters. The van der Waals surface area contributed by atoms with Crippen molar-refractivity contribution in [1.29, 1.82) is 0 Å². The van der Waals surface area contributed by atoms with Gasteiger partial charge in [-0.3, -0.25) is 9.59 Å². The molecule has 0 saturated heterocycles. The van der Waals surface area contributed by atoms with Gasteiger partial charge >= 0.3 is 11.9 Å². The van der Waals surface area contributed by atoms with Crippen molar-refractivity contribution >= 4 is 57.2 Å². The smallest absolute Gasteiger partial charge is 0.314 e. The summed E-state index contributed by atoms with van der Waals surface area (Å²) in [5.74, 6) is -1.47.